The number of pyridine rings is 1. The lowest BCUT2D eigenvalue weighted by atomic mass is 10.2. The van der Waals surface area contributed by atoms with Crippen molar-refractivity contribution in [3.05, 3.63) is 30.5 Å². The average molecular weight is 216 g/mol. The van der Waals surface area contributed by atoms with Crippen LogP contribution in [0.15, 0.2) is 30.5 Å². The smallest absolute Gasteiger partial charge is 0.275 e. The predicted octanol–water partition coefficient (Wildman–Crippen LogP) is 2.85. The topological polar surface area (TPSA) is 35.0 Å². The number of thiazole rings is 1. The molecule has 0 bridgehead atoms. The molecule has 0 spiro atoms. The van der Waals surface area contributed by atoms with Crippen LogP contribution in [0.4, 0.5) is 0 Å². The molecule has 0 N–H and O–H groups in total. The Morgan fingerprint density at radius 2 is 2.13 bits per heavy atom. The van der Waals surface area contributed by atoms with Crippen molar-refractivity contribution in [3.63, 3.8) is 0 Å². The van der Waals surface area contributed by atoms with E-state index in [1.807, 2.05) is 24.4 Å². The molecule has 0 saturated carbocycles. The summed E-state index contributed by atoms with van der Waals surface area (Å²) in [7, 11) is 1.62. The molecular weight excluding hydrogens is 208 g/mol. The standard InChI is InChI=1S/C11H8N2OS/c1-14-11-13-10-9(15-11)8-5-3-2-4-7(8)6-12-10/h2-6H,1H3. The molecular formula is C11H8N2OS. The SMILES string of the molecule is COc1nc2ncc3ccccc3c2s1. The molecule has 0 aliphatic carbocycles. The van der Waals surface area contributed by atoms with E-state index in [4.69, 9.17) is 4.74 Å². The number of benzene rings is 1. The lowest BCUT2D eigenvalue weighted by molar-refractivity contribution is 0.413. The zero-order valence-corrected chi connectivity index (χ0v) is 8.91. The highest BCUT2D eigenvalue weighted by atomic mass is 32.1. The van der Waals surface area contributed by atoms with Gasteiger partial charge in [-0.2, -0.15) is 4.98 Å². The molecule has 2 aromatic heterocycles. The number of hydrogen-bond acceptors (Lipinski definition) is 4. The lowest BCUT2D eigenvalue weighted by Crippen LogP contribution is -1.80. The van der Waals surface area contributed by atoms with Gasteiger partial charge in [-0.05, 0) is 0 Å². The molecule has 4 heteroatoms. The molecule has 0 amide bonds. The maximum absolute atomic E-state index is 5.12. The van der Waals surface area contributed by atoms with Gasteiger partial charge < -0.3 is 4.74 Å². The number of aromatic nitrogens is 2. The number of hydrogen-bond donors (Lipinski definition) is 0. The van der Waals surface area contributed by atoms with Gasteiger partial charge >= 0.3 is 0 Å². The largest absolute Gasteiger partial charge is 0.473 e. The molecule has 2 heterocycles. The third kappa shape index (κ3) is 1.26. The van der Waals surface area contributed by atoms with E-state index in [0.29, 0.717) is 5.19 Å². The number of rotatable bonds is 1. The number of ether oxygens (including phenoxy) is 1. The van der Waals surface area contributed by atoms with Crippen LogP contribution in [-0.2, 0) is 0 Å². The summed E-state index contributed by atoms with van der Waals surface area (Å²) in [4.78, 5) is 8.56. The van der Waals surface area contributed by atoms with E-state index in [-0.39, 0.29) is 0 Å². The van der Waals surface area contributed by atoms with Crippen molar-refractivity contribution in [3.8, 4) is 5.19 Å². The molecule has 0 fully saturated rings. The van der Waals surface area contributed by atoms with Crippen molar-refractivity contribution in [2.24, 2.45) is 0 Å². The predicted molar refractivity (Wildman–Crippen MR) is 61.5 cm³/mol. The molecule has 0 atom stereocenters. The number of methoxy groups -OCH3 is 1. The number of nitrogens with zero attached hydrogens (tertiary/aromatic N) is 2. The van der Waals surface area contributed by atoms with Crippen molar-refractivity contribution in [2.75, 3.05) is 7.11 Å². The maximum atomic E-state index is 5.12. The Hall–Kier alpha value is -1.68. The zero-order chi connectivity index (χ0) is 10.3. The first-order chi connectivity index (χ1) is 7.38. The Morgan fingerprint density at radius 3 is 3.00 bits per heavy atom. The van der Waals surface area contributed by atoms with Gasteiger partial charge in [0.2, 0.25) is 0 Å². The summed E-state index contributed by atoms with van der Waals surface area (Å²) >= 11 is 1.53. The van der Waals surface area contributed by atoms with E-state index in [9.17, 15) is 0 Å². The van der Waals surface area contributed by atoms with E-state index in [2.05, 4.69) is 16.0 Å². The summed E-state index contributed by atoms with van der Waals surface area (Å²) < 4.78 is 6.20. The Bertz CT molecular complexity index is 633. The summed E-state index contributed by atoms with van der Waals surface area (Å²) in [5, 5.41) is 2.98. The lowest BCUT2D eigenvalue weighted by Gasteiger charge is -1.95. The summed E-state index contributed by atoms with van der Waals surface area (Å²) in [5.74, 6) is 0. The zero-order valence-electron chi connectivity index (χ0n) is 8.10. The van der Waals surface area contributed by atoms with Gasteiger partial charge in [0.05, 0.1) is 11.8 Å². The van der Waals surface area contributed by atoms with Crippen LogP contribution in [-0.4, -0.2) is 17.1 Å². The molecule has 0 radical (unpaired) electrons. The third-order valence-corrected chi connectivity index (χ3v) is 3.33. The van der Waals surface area contributed by atoms with Crippen LogP contribution < -0.4 is 4.74 Å². The van der Waals surface area contributed by atoms with E-state index in [0.717, 1.165) is 15.7 Å². The molecule has 0 unspecified atom stereocenters. The second-order valence-electron chi connectivity index (χ2n) is 3.18. The molecule has 1 aromatic carbocycles. The molecule has 3 rings (SSSR count). The third-order valence-electron chi connectivity index (χ3n) is 2.30. The van der Waals surface area contributed by atoms with Gasteiger partial charge in [0.1, 0.15) is 0 Å². The van der Waals surface area contributed by atoms with Crippen LogP contribution >= 0.6 is 11.3 Å². The van der Waals surface area contributed by atoms with Crippen LogP contribution in [0.5, 0.6) is 5.19 Å². The Morgan fingerprint density at radius 1 is 1.27 bits per heavy atom. The first-order valence-corrected chi connectivity index (χ1v) is 5.38. The highest BCUT2D eigenvalue weighted by Crippen LogP contribution is 2.31. The Kier molecular flexibility index (Phi) is 1.82. The van der Waals surface area contributed by atoms with Crippen molar-refractivity contribution in [1.29, 1.82) is 0 Å². The van der Waals surface area contributed by atoms with Crippen molar-refractivity contribution in [1.82, 2.24) is 9.97 Å². The number of fused-ring (bicyclic) bond motifs is 3. The molecule has 0 aliphatic rings. The first kappa shape index (κ1) is 8.61. The minimum atomic E-state index is 0.661. The van der Waals surface area contributed by atoms with Gasteiger partial charge in [0.25, 0.3) is 5.19 Å². The van der Waals surface area contributed by atoms with E-state index >= 15 is 0 Å². The van der Waals surface area contributed by atoms with Crippen LogP contribution in [0.3, 0.4) is 0 Å². The average Bonchev–Trinajstić information content (AvgIpc) is 2.72. The Balaban J connectivity index is 2.47. The fraction of sp³-hybridized carbons (Fsp3) is 0.0909. The van der Waals surface area contributed by atoms with Gasteiger partial charge in [-0.3, -0.25) is 0 Å². The highest BCUT2D eigenvalue weighted by Gasteiger charge is 2.07. The fourth-order valence-corrected chi connectivity index (χ4v) is 2.47. The highest BCUT2D eigenvalue weighted by molar-refractivity contribution is 7.21. The Labute approximate surface area is 90.4 Å². The molecule has 0 saturated heterocycles. The first-order valence-electron chi connectivity index (χ1n) is 4.57. The second-order valence-corrected chi connectivity index (χ2v) is 4.14. The minimum absolute atomic E-state index is 0.661. The van der Waals surface area contributed by atoms with E-state index in [1.165, 1.54) is 16.7 Å². The van der Waals surface area contributed by atoms with Crippen LogP contribution in [0.25, 0.3) is 21.1 Å². The quantitative estimate of drug-likeness (QED) is 0.627. The monoisotopic (exact) mass is 216 g/mol. The van der Waals surface area contributed by atoms with E-state index < -0.39 is 0 Å². The summed E-state index contributed by atoms with van der Waals surface area (Å²) in [6.07, 6.45) is 1.84. The molecule has 3 nitrogen and oxygen atoms in total. The second kappa shape index (κ2) is 3.17. The van der Waals surface area contributed by atoms with Gasteiger partial charge in [-0.25, -0.2) is 4.98 Å². The van der Waals surface area contributed by atoms with Gasteiger partial charge in [0, 0.05) is 17.0 Å². The summed E-state index contributed by atoms with van der Waals surface area (Å²) in [5.41, 5.74) is 0.760. The summed E-state index contributed by atoms with van der Waals surface area (Å²) in [6.45, 7) is 0. The van der Waals surface area contributed by atoms with E-state index in [1.54, 1.807) is 7.11 Å². The van der Waals surface area contributed by atoms with Crippen molar-refractivity contribution < 1.29 is 4.74 Å². The van der Waals surface area contributed by atoms with Crippen molar-refractivity contribution >= 4 is 32.5 Å². The van der Waals surface area contributed by atoms with Gasteiger partial charge in [-0.15, -0.1) is 0 Å². The van der Waals surface area contributed by atoms with Gasteiger partial charge in [-0.1, -0.05) is 35.6 Å². The van der Waals surface area contributed by atoms with Crippen LogP contribution in [0.1, 0.15) is 0 Å². The van der Waals surface area contributed by atoms with Crippen molar-refractivity contribution in [2.45, 2.75) is 0 Å². The molecule has 15 heavy (non-hydrogen) atoms. The molecule has 0 aliphatic heterocycles. The van der Waals surface area contributed by atoms with Crippen LogP contribution in [0, 0.1) is 0 Å². The molecule has 74 valence electrons. The normalized spacial score (nSPS) is 11.0. The minimum Gasteiger partial charge on any atom is -0.473 e. The summed E-state index contributed by atoms with van der Waals surface area (Å²) in [6, 6.07) is 8.16. The van der Waals surface area contributed by atoms with Crippen LogP contribution in [0.2, 0.25) is 0 Å². The molecule has 3 aromatic rings. The maximum Gasteiger partial charge on any atom is 0.275 e. The fourth-order valence-electron chi connectivity index (χ4n) is 1.59. The van der Waals surface area contributed by atoms with Gasteiger partial charge in [0.15, 0.2) is 5.65 Å².